The Hall–Kier alpha value is -2.08. The number of halogens is 2. The van der Waals surface area contributed by atoms with Gasteiger partial charge in [0.15, 0.2) is 0 Å². The Bertz CT molecular complexity index is 837. The monoisotopic (exact) mass is 360 g/mol. The average molecular weight is 361 g/mol. The molecule has 22 heavy (non-hydrogen) atoms. The molecular formula is C16H14BrFN4. The minimum absolute atomic E-state index is 0.0197. The van der Waals surface area contributed by atoms with Crippen LogP contribution in [0.3, 0.4) is 0 Å². The van der Waals surface area contributed by atoms with Crippen LogP contribution < -0.4 is 5.32 Å². The molecular weight excluding hydrogens is 347 g/mol. The number of benzene rings is 1. The molecule has 0 aliphatic rings. The molecule has 0 bridgehead atoms. The topological polar surface area (TPSA) is 50.7 Å². The van der Waals surface area contributed by atoms with E-state index >= 15 is 0 Å². The van der Waals surface area contributed by atoms with E-state index in [-0.39, 0.29) is 6.04 Å². The lowest BCUT2D eigenvalue weighted by Gasteiger charge is -2.17. The average Bonchev–Trinajstić information content (AvgIpc) is 2.48. The first-order valence-electron chi connectivity index (χ1n) is 6.85. The first-order valence-corrected chi connectivity index (χ1v) is 7.64. The molecule has 0 spiro atoms. The van der Waals surface area contributed by atoms with Gasteiger partial charge in [0, 0.05) is 15.9 Å². The highest BCUT2D eigenvalue weighted by Gasteiger charge is 2.12. The fraction of sp³-hybridized carbons (Fsp3) is 0.188. The van der Waals surface area contributed by atoms with Gasteiger partial charge in [0.1, 0.15) is 11.6 Å². The highest BCUT2D eigenvalue weighted by atomic mass is 79.9. The fourth-order valence-corrected chi connectivity index (χ4v) is 2.71. The lowest BCUT2D eigenvalue weighted by Crippen LogP contribution is -2.09. The largest absolute Gasteiger partial charge is 0.363 e. The quantitative estimate of drug-likeness (QED) is 0.703. The molecule has 0 aliphatic carbocycles. The first kappa shape index (κ1) is 14.8. The molecule has 1 unspecified atom stereocenters. The van der Waals surface area contributed by atoms with E-state index in [1.807, 2.05) is 31.2 Å². The van der Waals surface area contributed by atoms with Crippen molar-refractivity contribution in [2.45, 2.75) is 19.9 Å². The highest BCUT2D eigenvalue weighted by Crippen LogP contribution is 2.26. The Labute approximate surface area is 136 Å². The zero-order valence-corrected chi connectivity index (χ0v) is 13.7. The number of pyridine rings is 1. The molecule has 0 saturated carbocycles. The number of hydrogen-bond donors (Lipinski definition) is 1. The summed E-state index contributed by atoms with van der Waals surface area (Å²) in [5.74, 6) is 0.680. The van der Waals surface area contributed by atoms with Crippen LogP contribution in [0, 0.1) is 12.9 Å². The second-order valence-electron chi connectivity index (χ2n) is 5.06. The third kappa shape index (κ3) is 3.06. The third-order valence-electron chi connectivity index (χ3n) is 3.36. The van der Waals surface area contributed by atoms with Crippen molar-refractivity contribution in [3.8, 4) is 0 Å². The van der Waals surface area contributed by atoms with E-state index in [1.54, 1.807) is 6.92 Å². The maximum absolute atomic E-state index is 13.4. The Kier molecular flexibility index (Phi) is 4.02. The van der Waals surface area contributed by atoms with Crippen LogP contribution in [0.1, 0.15) is 24.4 Å². The zero-order valence-electron chi connectivity index (χ0n) is 12.1. The molecule has 0 aliphatic heterocycles. The second-order valence-corrected chi connectivity index (χ2v) is 5.98. The fourth-order valence-electron chi connectivity index (χ4n) is 2.30. The summed E-state index contributed by atoms with van der Waals surface area (Å²) >= 11 is 3.47. The molecule has 1 atom stereocenters. The Morgan fingerprint density at radius 3 is 2.82 bits per heavy atom. The van der Waals surface area contributed by atoms with Crippen molar-refractivity contribution in [1.29, 1.82) is 0 Å². The van der Waals surface area contributed by atoms with Crippen LogP contribution in [0.4, 0.5) is 10.2 Å². The van der Waals surface area contributed by atoms with Gasteiger partial charge >= 0.3 is 0 Å². The van der Waals surface area contributed by atoms with E-state index in [1.165, 1.54) is 12.3 Å². The second kappa shape index (κ2) is 5.96. The smallest absolute Gasteiger partial charge is 0.213 e. The summed E-state index contributed by atoms with van der Waals surface area (Å²) in [6.45, 7) is 3.83. The van der Waals surface area contributed by atoms with Crippen LogP contribution in [0.25, 0.3) is 10.9 Å². The molecule has 2 heterocycles. The zero-order chi connectivity index (χ0) is 15.7. The minimum atomic E-state index is -0.543. The van der Waals surface area contributed by atoms with Crippen molar-refractivity contribution in [3.05, 3.63) is 58.3 Å². The van der Waals surface area contributed by atoms with Crippen molar-refractivity contribution < 1.29 is 4.39 Å². The van der Waals surface area contributed by atoms with Gasteiger partial charge in [-0.2, -0.15) is 4.39 Å². The van der Waals surface area contributed by atoms with Crippen molar-refractivity contribution in [2.24, 2.45) is 0 Å². The summed E-state index contributed by atoms with van der Waals surface area (Å²) in [6, 6.07) is 9.39. The molecule has 3 aromatic rings. The van der Waals surface area contributed by atoms with Crippen LogP contribution in [0.5, 0.6) is 0 Å². The molecule has 2 aromatic heterocycles. The lowest BCUT2D eigenvalue weighted by atomic mass is 10.1. The maximum Gasteiger partial charge on any atom is 0.213 e. The first-order chi connectivity index (χ1) is 10.5. The van der Waals surface area contributed by atoms with Gasteiger partial charge in [0.05, 0.1) is 17.8 Å². The predicted molar refractivity (Wildman–Crippen MR) is 88.2 cm³/mol. The summed E-state index contributed by atoms with van der Waals surface area (Å²) in [5.41, 5.74) is 1.73. The van der Waals surface area contributed by atoms with E-state index in [0.29, 0.717) is 22.5 Å². The number of nitrogens with zero attached hydrogens (tertiary/aromatic N) is 3. The number of hydrogen-bond acceptors (Lipinski definition) is 4. The lowest BCUT2D eigenvalue weighted by molar-refractivity contribution is 0.586. The Balaban J connectivity index is 2.01. The molecule has 3 rings (SSSR count). The van der Waals surface area contributed by atoms with Gasteiger partial charge in [-0.25, -0.2) is 15.0 Å². The van der Waals surface area contributed by atoms with Crippen molar-refractivity contribution in [1.82, 2.24) is 15.0 Å². The van der Waals surface area contributed by atoms with Crippen LogP contribution >= 0.6 is 15.9 Å². The van der Waals surface area contributed by atoms with Crippen molar-refractivity contribution >= 4 is 32.7 Å². The molecule has 0 saturated heterocycles. The summed E-state index contributed by atoms with van der Waals surface area (Å²) in [6.07, 6.45) is 1.42. The predicted octanol–water partition coefficient (Wildman–Crippen LogP) is 4.41. The molecule has 0 fully saturated rings. The van der Waals surface area contributed by atoms with Crippen LogP contribution in [0.15, 0.2) is 41.0 Å². The molecule has 0 amide bonds. The number of rotatable bonds is 3. The van der Waals surface area contributed by atoms with Gasteiger partial charge < -0.3 is 5.32 Å². The van der Waals surface area contributed by atoms with Gasteiger partial charge in [-0.05, 0) is 31.5 Å². The summed E-state index contributed by atoms with van der Waals surface area (Å²) < 4.78 is 14.4. The van der Waals surface area contributed by atoms with Crippen LogP contribution in [-0.4, -0.2) is 15.0 Å². The standard InChI is InChI=1S/C16H14BrFN4/c1-9(11-4-3-5-12(17)6-11)20-16-13-7-15(18)19-8-14(13)21-10(2)22-16/h3-9H,1-2H3,(H,20,21,22). The van der Waals surface area contributed by atoms with Gasteiger partial charge in [0.25, 0.3) is 0 Å². The molecule has 1 aromatic carbocycles. The van der Waals surface area contributed by atoms with Gasteiger partial charge in [-0.3, -0.25) is 0 Å². The van der Waals surface area contributed by atoms with E-state index in [2.05, 4.69) is 36.2 Å². The van der Waals surface area contributed by atoms with E-state index in [9.17, 15) is 4.39 Å². The SMILES string of the molecule is Cc1nc(NC(C)c2cccc(Br)c2)c2cc(F)ncc2n1. The number of aromatic nitrogens is 3. The summed E-state index contributed by atoms with van der Waals surface area (Å²) in [7, 11) is 0. The normalized spacial score (nSPS) is 12.4. The van der Waals surface area contributed by atoms with E-state index < -0.39 is 5.95 Å². The third-order valence-corrected chi connectivity index (χ3v) is 3.86. The van der Waals surface area contributed by atoms with Gasteiger partial charge in [0.2, 0.25) is 5.95 Å². The van der Waals surface area contributed by atoms with Crippen molar-refractivity contribution in [2.75, 3.05) is 5.32 Å². The van der Waals surface area contributed by atoms with Crippen molar-refractivity contribution in [3.63, 3.8) is 0 Å². The minimum Gasteiger partial charge on any atom is -0.363 e. The highest BCUT2D eigenvalue weighted by molar-refractivity contribution is 9.10. The maximum atomic E-state index is 13.4. The van der Waals surface area contributed by atoms with Gasteiger partial charge in [-0.15, -0.1) is 0 Å². The molecule has 4 nitrogen and oxygen atoms in total. The number of aryl methyl sites for hydroxylation is 1. The van der Waals surface area contributed by atoms with E-state index in [4.69, 9.17) is 0 Å². The molecule has 1 N–H and O–H groups in total. The molecule has 112 valence electrons. The summed E-state index contributed by atoms with van der Waals surface area (Å²) in [4.78, 5) is 12.3. The number of anilines is 1. The molecule has 6 heteroatoms. The van der Waals surface area contributed by atoms with Crippen LogP contribution in [-0.2, 0) is 0 Å². The van der Waals surface area contributed by atoms with E-state index in [0.717, 1.165) is 10.0 Å². The Morgan fingerprint density at radius 2 is 2.05 bits per heavy atom. The number of nitrogens with one attached hydrogen (secondary N) is 1. The molecule has 0 radical (unpaired) electrons. The van der Waals surface area contributed by atoms with Gasteiger partial charge in [-0.1, -0.05) is 28.1 Å². The summed E-state index contributed by atoms with van der Waals surface area (Å²) in [5, 5.41) is 3.95. The Morgan fingerprint density at radius 1 is 1.23 bits per heavy atom. The van der Waals surface area contributed by atoms with Crippen LogP contribution in [0.2, 0.25) is 0 Å². The number of fused-ring (bicyclic) bond motifs is 1.